The summed E-state index contributed by atoms with van der Waals surface area (Å²) in [7, 11) is 0. The zero-order valence-electron chi connectivity index (χ0n) is 10.7. The van der Waals surface area contributed by atoms with E-state index >= 15 is 0 Å². The van der Waals surface area contributed by atoms with Crippen LogP contribution >= 0.6 is 12.4 Å². The highest BCUT2D eigenvalue weighted by molar-refractivity contribution is 5.85. The van der Waals surface area contributed by atoms with E-state index in [-0.39, 0.29) is 12.4 Å². The van der Waals surface area contributed by atoms with Crippen LogP contribution in [0, 0.1) is 5.82 Å². The number of aliphatic hydroxyl groups is 1. The van der Waals surface area contributed by atoms with Crippen LogP contribution in [0.2, 0.25) is 0 Å². The highest BCUT2D eigenvalue weighted by Crippen LogP contribution is 2.22. The summed E-state index contributed by atoms with van der Waals surface area (Å²) in [4.78, 5) is 0. The topological polar surface area (TPSA) is 66.5 Å². The van der Waals surface area contributed by atoms with Crippen molar-refractivity contribution in [3.05, 3.63) is 65.5 Å². The molecule has 5 heteroatoms. The highest BCUT2D eigenvalue weighted by atomic mass is 35.5. The molecule has 2 aromatic rings. The Labute approximate surface area is 123 Å². The molecule has 0 aliphatic carbocycles. The van der Waals surface area contributed by atoms with Crippen molar-refractivity contribution >= 4 is 12.4 Å². The van der Waals surface area contributed by atoms with Gasteiger partial charge in [0.1, 0.15) is 0 Å². The fourth-order valence-corrected chi connectivity index (χ4v) is 1.94. The lowest BCUT2D eigenvalue weighted by molar-refractivity contribution is 0.145. The van der Waals surface area contributed by atoms with Gasteiger partial charge in [-0.25, -0.2) is 4.39 Å². The smallest absolute Gasteiger partial charge is 0.165 e. The number of phenolic OH excluding ortho intramolecular Hbond substituents is 1. The van der Waals surface area contributed by atoms with E-state index in [2.05, 4.69) is 0 Å². The second-order valence-electron chi connectivity index (χ2n) is 4.49. The Bertz CT molecular complexity index is 551. The van der Waals surface area contributed by atoms with Gasteiger partial charge in [0, 0.05) is 6.42 Å². The molecule has 0 amide bonds. The molecule has 0 aromatic heterocycles. The van der Waals surface area contributed by atoms with Crippen LogP contribution in [0.4, 0.5) is 4.39 Å². The number of rotatable bonds is 4. The van der Waals surface area contributed by atoms with Gasteiger partial charge in [-0.2, -0.15) is 0 Å². The SMILES string of the molecule is Cl.N[C@H](c1ccc(O)c(F)c1)[C@@H](O)Cc1ccccc1. The highest BCUT2D eigenvalue weighted by Gasteiger charge is 2.18. The number of hydrogen-bond acceptors (Lipinski definition) is 3. The second kappa shape index (κ2) is 7.24. The molecule has 2 aromatic carbocycles. The van der Waals surface area contributed by atoms with Crippen LogP contribution in [0.25, 0.3) is 0 Å². The van der Waals surface area contributed by atoms with Crippen molar-refractivity contribution in [1.82, 2.24) is 0 Å². The zero-order valence-corrected chi connectivity index (χ0v) is 11.6. The normalized spacial score (nSPS) is 13.3. The summed E-state index contributed by atoms with van der Waals surface area (Å²) in [6.45, 7) is 0. The first-order valence-electron chi connectivity index (χ1n) is 6.04. The Hall–Kier alpha value is -1.62. The minimum absolute atomic E-state index is 0. The molecule has 2 rings (SSSR count). The maximum absolute atomic E-state index is 13.2. The molecule has 0 spiro atoms. The summed E-state index contributed by atoms with van der Waals surface area (Å²) in [5.41, 5.74) is 7.33. The Kier molecular flexibility index (Phi) is 5.95. The predicted molar refractivity (Wildman–Crippen MR) is 78.4 cm³/mol. The first kappa shape index (κ1) is 16.4. The first-order chi connectivity index (χ1) is 9.08. The van der Waals surface area contributed by atoms with E-state index in [9.17, 15) is 9.50 Å². The van der Waals surface area contributed by atoms with Gasteiger partial charge in [-0.3, -0.25) is 0 Å². The number of phenols is 1. The molecule has 2 atom stereocenters. The number of benzene rings is 2. The average molecular weight is 298 g/mol. The minimum Gasteiger partial charge on any atom is -0.505 e. The molecule has 3 nitrogen and oxygen atoms in total. The van der Waals surface area contributed by atoms with Crippen molar-refractivity contribution in [1.29, 1.82) is 0 Å². The molecular weight excluding hydrogens is 281 g/mol. The number of aliphatic hydroxyl groups excluding tert-OH is 1. The van der Waals surface area contributed by atoms with Crippen LogP contribution in [-0.2, 0) is 6.42 Å². The number of hydrogen-bond donors (Lipinski definition) is 3. The molecule has 4 N–H and O–H groups in total. The molecular formula is C15H17ClFNO2. The third kappa shape index (κ3) is 3.93. The Morgan fingerprint density at radius 1 is 1.10 bits per heavy atom. The van der Waals surface area contributed by atoms with Crippen LogP contribution in [0.5, 0.6) is 5.75 Å². The first-order valence-corrected chi connectivity index (χ1v) is 6.04. The van der Waals surface area contributed by atoms with Gasteiger partial charge in [0.2, 0.25) is 0 Å². The van der Waals surface area contributed by atoms with E-state index in [1.807, 2.05) is 30.3 Å². The maximum Gasteiger partial charge on any atom is 0.165 e. The van der Waals surface area contributed by atoms with Crippen LogP contribution in [0.1, 0.15) is 17.2 Å². The molecule has 20 heavy (non-hydrogen) atoms. The third-order valence-corrected chi connectivity index (χ3v) is 3.06. The molecule has 108 valence electrons. The van der Waals surface area contributed by atoms with E-state index in [1.54, 1.807) is 0 Å². The average Bonchev–Trinajstić information content (AvgIpc) is 2.42. The fourth-order valence-electron chi connectivity index (χ4n) is 1.94. The van der Waals surface area contributed by atoms with Crippen LogP contribution in [0.15, 0.2) is 48.5 Å². The van der Waals surface area contributed by atoms with Gasteiger partial charge in [0.15, 0.2) is 11.6 Å². The van der Waals surface area contributed by atoms with Gasteiger partial charge in [-0.1, -0.05) is 36.4 Å². The van der Waals surface area contributed by atoms with Crippen LogP contribution in [0.3, 0.4) is 0 Å². The maximum atomic E-state index is 13.2. The molecule has 0 saturated carbocycles. The van der Waals surface area contributed by atoms with E-state index in [1.165, 1.54) is 12.1 Å². The molecule has 0 heterocycles. The molecule has 0 bridgehead atoms. The summed E-state index contributed by atoms with van der Waals surface area (Å²) in [5, 5.41) is 19.2. The molecule has 0 aliphatic heterocycles. The van der Waals surface area contributed by atoms with Crippen LogP contribution in [-0.4, -0.2) is 16.3 Å². The summed E-state index contributed by atoms with van der Waals surface area (Å²) in [5.74, 6) is -1.16. The molecule has 0 fully saturated rings. The lowest BCUT2D eigenvalue weighted by Gasteiger charge is -2.19. The third-order valence-electron chi connectivity index (χ3n) is 3.06. The van der Waals surface area contributed by atoms with Gasteiger partial charge in [0.25, 0.3) is 0 Å². The lowest BCUT2D eigenvalue weighted by atomic mass is 9.97. The second-order valence-corrected chi connectivity index (χ2v) is 4.49. The summed E-state index contributed by atoms with van der Waals surface area (Å²) in [6, 6.07) is 12.6. The van der Waals surface area contributed by atoms with E-state index < -0.39 is 23.7 Å². The Morgan fingerprint density at radius 3 is 2.35 bits per heavy atom. The van der Waals surface area contributed by atoms with Gasteiger partial charge in [-0.15, -0.1) is 12.4 Å². The summed E-state index contributed by atoms with van der Waals surface area (Å²) >= 11 is 0. The van der Waals surface area contributed by atoms with Crippen molar-refractivity contribution in [2.45, 2.75) is 18.6 Å². The zero-order chi connectivity index (χ0) is 13.8. The monoisotopic (exact) mass is 297 g/mol. The van der Waals surface area contributed by atoms with Crippen molar-refractivity contribution in [3.63, 3.8) is 0 Å². The quantitative estimate of drug-likeness (QED) is 0.812. The van der Waals surface area contributed by atoms with E-state index in [0.717, 1.165) is 11.6 Å². The summed E-state index contributed by atoms with van der Waals surface area (Å²) < 4.78 is 13.2. The standard InChI is InChI=1S/C15H16FNO2.ClH/c16-12-9-11(6-7-13(12)18)15(17)14(19)8-10-4-2-1-3-5-10;/h1-7,9,14-15,18-19H,8,17H2;1H/t14-,15+;/m0./s1. The van der Waals surface area contributed by atoms with E-state index in [4.69, 9.17) is 10.8 Å². The van der Waals surface area contributed by atoms with E-state index in [0.29, 0.717) is 12.0 Å². The Balaban J connectivity index is 0.00000200. The molecule has 0 aliphatic rings. The predicted octanol–water partition coefficient (Wildman–Crippen LogP) is 2.56. The van der Waals surface area contributed by atoms with Crippen LogP contribution < -0.4 is 5.73 Å². The molecule has 0 saturated heterocycles. The van der Waals surface area contributed by atoms with Gasteiger partial charge in [0.05, 0.1) is 12.1 Å². The molecule has 0 unspecified atom stereocenters. The van der Waals surface area contributed by atoms with Crippen molar-refractivity contribution in [2.75, 3.05) is 0 Å². The fraction of sp³-hybridized carbons (Fsp3) is 0.200. The summed E-state index contributed by atoms with van der Waals surface area (Å²) in [6.07, 6.45) is -0.420. The minimum atomic E-state index is -0.814. The molecule has 0 radical (unpaired) electrons. The Morgan fingerprint density at radius 2 is 1.75 bits per heavy atom. The lowest BCUT2D eigenvalue weighted by Crippen LogP contribution is -2.28. The van der Waals surface area contributed by atoms with Gasteiger partial charge in [-0.05, 0) is 23.3 Å². The van der Waals surface area contributed by atoms with Crippen molar-refractivity contribution in [2.24, 2.45) is 5.73 Å². The van der Waals surface area contributed by atoms with Crippen molar-refractivity contribution in [3.8, 4) is 5.75 Å². The van der Waals surface area contributed by atoms with Gasteiger partial charge < -0.3 is 15.9 Å². The largest absolute Gasteiger partial charge is 0.505 e. The van der Waals surface area contributed by atoms with Crippen molar-refractivity contribution < 1.29 is 14.6 Å². The number of halogens is 2. The van der Waals surface area contributed by atoms with Gasteiger partial charge >= 0.3 is 0 Å². The number of nitrogens with two attached hydrogens (primary N) is 1. The number of aromatic hydroxyl groups is 1.